The van der Waals surface area contributed by atoms with E-state index in [1.807, 2.05) is 35.9 Å². The molecule has 3 aromatic rings. The largest absolute Gasteiger partial charge is 0.350 e. The van der Waals surface area contributed by atoms with Crippen LogP contribution in [0.4, 0.5) is 5.69 Å². The second-order valence-corrected chi connectivity index (χ2v) is 8.23. The van der Waals surface area contributed by atoms with Crippen molar-refractivity contribution in [1.82, 2.24) is 15.4 Å². The number of aromatic nitrogens is 1. The van der Waals surface area contributed by atoms with Crippen molar-refractivity contribution >= 4 is 38.4 Å². The lowest BCUT2D eigenvalue weighted by Gasteiger charge is -2.11. The van der Waals surface area contributed by atoms with Crippen LogP contribution in [-0.2, 0) is 17.1 Å². The maximum absolute atomic E-state index is 12.5. The van der Waals surface area contributed by atoms with Crippen molar-refractivity contribution in [3.8, 4) is 0 Å². The van der Waals surface area contributed by atoms with E-state index in [2.05, 4.69) is 15.6 Å². The summed E-state index contributed by atoms with van der Waals surface area (Å²) in [6.07, 6.45) is 2.72. The fraction of sp³-hybridized carbons (Fsp3) is 0.158. The highest BCUT2D eigenvalue weighted by molar-refractivity contribution is 7.92. The minimum absolute atomic E-state index is 0.204. The molecule has 2 aromatic carbocycles. The molecule has 0 bridgehead atoms. The van der Waals surface area contributed by atoms with Gasteiger partial charge < -0.3 is 4.57 Å². The Hall–Kier alpha value is -3.33. The van der Waals surface area contributed by atoms with Gasteiger partial charge >= 0.3 is 0 Å². The zero-order valence-corrected chi connectivity index (χ0v) is 16.4. The minimum Gasteiger partial charge on any atom is -0.350 e. The smallest absolute Gasteiger partial charge is 0.271 e. The number of nitrogens with zero attached hydrogens (tertiary/aromatic N) is 1. The van der Waals surface area contributed by atoms with Crippen LogP contribution in [0.1, 0.15) is 26.3 Å². The highest BCUT2D eigenvalue weighted by Gasteiger charge is 2.15. The van der Waals surface area contributed by atoms with Gasteiger partial charge in [-0.25, -0.2) is 8.42 Å². The predicted molar refractivity (Wildman–Crippen MR) is 107 cm³/mol. The number of benzene rings is 2. The van der Waals surface area contributed by atoms with E-state index in [-0.39, 0.29) is 5.56 Å². The number of para-hydroxylation sites is 1. The maximum atomic E-state index is 12.5. The molecule has 146 valence electrons. The zero-order chi connectivity index (χ0) is 20.5. The molecule has 0 aliphatic rings. The van der Waals surface area contributed by atoms with Gasteiger partial charge in [-0.3, -0.25) is 25.2 Å². The normalized spacial score (nSPS) is 11.2. The summed E-state index contributed by atoms with van der Waals surface area (Å²) in [6, 6.07) is 12.0. The Morgan fingerprint density at radius 3 is 2.39 bits per heavy atom. The van der Waals surface area contributed by atoms with E-state index < -0.39 is 21.8 Å². The van der Waals surface area contributed by atoms with Crippen molar-refractivity contribution in [2.24, 2.45) is 7.05 Å². The lowest BCUT2D eigenvalue weighted by molar-refractivity contribution is 0.0847. The van der Waals surface area contributed by atoms with Crippen molar-refractivity contribution in [3.63, 3.8) is 0 Å². The van der Waals surface area contributed by atoms with Gasteiger partial charge in [-0.2, -0.15) is 0 Å². The first-order chi connectivity index (χ1) is 13.2. The van der Waals surface area contributed by atoms with Crippen LogP contribution in [0.3, 0.4) is 0 Å². The SMILES string of the molecule is Cc1ccc(C(=O)NNC(=O)c2cn(C)c3ccccc23)cc1NS(C)(=O)=O. The van der Waals surface area contributed by atoms with Gasteiger partial charge in [-0.15, -0.1) is 0 Å². The first-order valence-corrected chi connectivity index (χ1v) is 10.3. The third kappa shape index (κ3) is 4.15. The number of nitrogens with one attached hydrogen (secondary N) is 3. The van der Waals surface area contributed by atoms with E-state index in [9.17, 15) is 18.0 Å². The van der Waals surface area contributed by atoms with Gasteiger partial charge in [0.25, 0.3) is 11.8 Å². The molecule has 0 aliphatic heterocycles. The molecule has 9 heteroatoms. The molecule has 28 heavy (non-hydrogen) atoms. The van der Waals surface area contributed by atoms with Gasteiger partial charge in [0, 0.05) is 29.7 Å². The van der Waals surface area contributed by atoms with Crippen LogP contribution < -0.4 is 15.6 Å². The monoisotopic (exact) mass is 400 g/mol. The molecule has 8 nitrogen and oxygen atoms in total. The van der Waals surface area contributed by atoms with Crippen molar-refractivity contribution in [2.45, 2.75) is 6.92 Å². The molecule has 0 unspecified atom stereocenters. The molecule has 0 atom stereocenters. The molecule has 0 saturated heterocycles. The molecule has 0 saturated carbocycles. The summed E-state index contributed by atoms with van der Waals surface area (Å²) in [7, 11) is -1.64. The Morgan fingerprint density at radius 2 is 1.68 bits per heavy atom. The number of aryl methyl sites for hydroxylation is 2. The standard InChI is InChI=1S/C19H20N4O4S/c1-12-8-9-13(10-16(12)22-28(3,26)27)18(24)20-21-19(25)15-11-23(2)17-7-5-4-6-14(15)17/h4-11,22H,1-3H3,(H,20,24)(H,21,25). The summed E-state index contributed by atoms with van der Waals surface area (Å²) in [4.78, 5) is 24.9. The maximum Gasteiger partial charge on any atom is 0.271 e. The molecule has 1 aromatic heterocycles. The molecule has 3 N–H and O–H groups in total. The van der Waals surface area contributed by atoms with E-state index in [4.69, 9.17) is 0 Å². The first kappa shape index (κ1) is 19.4. The van der Waals surface area contributed by atoms with Gasteiger partial charge in [0.1, 0.15) is 0 Å². The molecule has 1 heterocycles. The van der Waals surface area contributed by atoms with Gasteiger partial charge in [0.15, 0.2) is 0 Å². The number of carbonyl (C=O) groups excluding carboxylic acids is 2. The van der Waals surface area contributed by atoms with E-state index in [1.165, 1.54) is 6.07 Å². The second-order valence-electron chi connectivity index (χ2n) is 6.48. The van der Waals surface area contributed by atoms with Crippen LogP contribution in [-0.4, -0.2) is 31.1 Å². The van der Waals surface area contributed by atoms with Gasteiger partial charge in [-0.05, 0) is 30.7 Å². The van der Waals surface area contributed by atoms with Crippen LogP contribution in [0.2, 0.25) is 0 Å². The summed E-state index contributed by atoms with van der Waals surface area (Å²) < 4.78 is 27.1. The lowest BCUT2D eigenvalue weighted by Crippen LogP contribution is -2.41. The third-order valence-corrected chi connectivity index (χ3v) is 4.82. The number of anilines is 1. The number of sulfonamides is 1. The average Bonchev–Trinajstić information content (AvgIpc) is 2.97. The Morgan fingerprint density at radius 1 is 1.00 bits per heavy atom. The van der Waals surface area contributed by atoms with Crippen LogP contribution in [0, 0.1) is 6.92 Å². The van der Waals surface area contributed by atoms with Crippen molar-refractivity contribution in [3.05, 3.63) is 65.4 Å². The number of hydrogen-bond donors (Lipinski definition) is 3. The fourth-order valence-electron chi connectivity index (χ4n) is 2.85. The van der Waals surface area contributed by atoms with Crippen molar-refractivity contribution < 1.29 is 18.0 Å². The molecule has 0 aliphatic carbocycles. The summed E-state index contributed by atoms with van der Waals surface area (Å²) >= 11 is 0. The Balaban J connectivity index is 1.75. The second kappa shape index (κ2) is 7.35. The number of rotatable bonds is 4. The Kier molecular flexibility index (Phi) is 5.10. The average molecular weight is 400 g/mol. The van der Waals surface area contributed by atoms with E-state index in [0.29, 0.717) is 16.8 Å². The van der Waals surface area contributed by atoms with E-state index in [0.717, 1.165) is 17.2 Å². The van der Waals surface area contributed by atoms with Crippen LogP contribution in [0.5, 0.6) is 0 Å². The van der Waals surface area contributed by atoms with E-state index >= 15 is 0 Å². The number of amides is 2. The fourth-order valence-corrected chi connectivity index (χ4v) is 3.47. The number of hydrogen-bond acceptors (Lipinski definition) is 4. The molecular weight excluding hydrogens is 380 g/mol. The van der Waals surface area contributed by atoms with Gasteiger partial charge in [0.2, 0.25) is 10.0 Å². The van der Waals surface area contributed by atoms with Crippen LogP contribution in [0.15, 0.2) is 48.7 Å². The topological polar surface area (TPSA) is 109 Å². The lowest BCUT2D eigenvalue weighted by atomic mass is 10.1. The number of carbonyl (C=O) groups is 2. The zero-order valence-electron chi connectivity index (χ0n) is 15.6. The van der Waals surface area contributed by atoms with Crippen LogP contribution in [0.25, 0.3) is 10.9 Å². The summed E-state index contributed by atoms with van der Waals surface area (Å²) in [6.45, 7) is 1.72. The first-order valence-electron chi connectivity index (χ1n) is 8.39. The molecule has 2 amide bonds. The number of fused-ring (bicyclic) bond motifs is 1. The summed E-state index contributed by atoms with van der Waals surface area (Å²) in [5.41, 5.74) is 7.25. The predicted octanol–water partition coefficient (Wildman–Crippen LogP) is 1.93. The van der Waals surface area contributed by atoms with Gasteiger partial charge in [-0.1, -0.05) is 24.3 Å². The number of hydrazine groups is 1. The Labute approximate surface area is 162 Å². The highest BCUT2D eigenvalue weighted by atomic mass is 32.2. The minimum atomic E-state index is -3.48. The molecular formula is C19H20N4O4S. The summed E-state index contributed by atoms with van der Waals surface area (Å²) in [5.74, 6) is -1.02. The quantitative estimate of drug-likeness (QED) is 0.581. The Bertz CT molecular complexity index is 1180. The molecule has 3 rings (SSSR count). The van der Waals surface area contributed by atoms with Crippen LogP contribution >= 0.6 is 0 Å². The highest BCUT2D eigenvalue weighted by Crippen LogP contribution is 2.20. The molecule has 0 radical (unpaired) electrons. The summed E-state index contributed by atoms with van der Waals surface area (Å²) in [5, 5.41) is 0.770. The molecule has 0 spiro atoms. The van der Waals surface area contributed by atoms with Crippen molar-refractivity contribution in [2.75, 3.05) is 11.0 Å². The molecule has 0 fully saturated rings. The van der Waals surface area contributed by atoms with E-state index in [1.54, 1.807) is 25.3 Å². The third-order valence-electron chi connectivity index (χ3n) is 4.23. The van der Waals surface area contributed by atoms with Crippen molar-refractivity contribution in [1.29, 1.82) is 0 Å². The van der Waals surface area contributed by atoms with Gasteiger partial charge in [0.05, 0.1) is 17.5 Å².